The van der Waals surface area contributed by atoms with Crippen LogP contribution in [0.3, 0.4) is 0 Å². The first kappa shape index (κ1) is 14.9. The van der Waals surface area contributed by atoms with E-state index in [4.69, 9.17) is 0 Å². The van der Waals surface area contributed by atoms with Crippen LogP contribution in [-0.2, 0) is 16.4 Å². The molecule has 1 fully saturated rings. The first-order chi connectivity index (χ1) is 9.97. The molecule has 0 bridgehead atoms. The lowest BCUT2D eigenvalue weighted by Crippen LogP contribution is -2.43. The fourth-order valence-corrected chi connectivity index (χ4v) is 4.88. The van der Waals surface area contributed by atoms with Crippen molar-refractivity contribution < 1.29 is 8.42 Å². The second-order valence-corrected chi connectivity index (χ2v) is 8.20. The third-order valence-electron chi connectivity index (χ3n) is 5.11. The summed E-state index contributed by atoms with van der Waals surface area (Å²) >= 11 is 0. The average Bonchev–Trinajstić information content (AvgIpc) is 2.91. The summed E-state index contributed by atoms with van der Waals surface area (Å²) in [7, 11) is -3.42. The largest absolute Gasteiger partial charge is 0.384 e. The highest BCUT2D eigenvalue weighted by Crippen LogP contribution is 2.31. The second-order valence-electron chi connectivity index (χ2n) is 6.49. The molecule has 3 rings (SSSR count). The summed E-state index contributed by atoms with van der Waals surface area (Å²) in [5.41, 5.74) is 2.16. The summed E-state index contributed by atoms with van der Waals surface area (Å²) in [5.74, 6) is 0.972. The van der Waals surface area contributed by atoms with E-state index in [9.17, 15) is 8.42 Å². The lowest BCUT2D eigenvalue weighted by atomic mass is 9.78. The highest BCUT2D eigenvalue weighted by atomic mass is 32.2. The van der Waals surface area contributed by atoms with E-state index in [0.717, 1.165) is 37.1 Å². The fraction of sp³-hybridized carbons (Fsp3) is 0.625. The molecule has 0 spiro atoms. The third kappa shape index (κ3) is 2.94. The topological polar surface area (TPSA) is 58.2 Å². The van der Waals surface area contributed by atoms with Crippen LogP contribution in [0.4, 0.5) is 5.69 Å². The zero-order chi connectivity index (χ0) is 15.0. The maximum Gasteiger partial charge on any atom is 0.240 e. The highest BCUT2D eigenvalue weighted by Gasteiger charge is 2.31. The van der Waals surface area contributed by atoms with Crippen LogP contribution in [0.5, 0.6) is 0 Å². The summed E-state index contributed by atoms with van der Waals surface area (Å²) in [4.78, 5) is 0.398. The zero-order valence-electron chi connectivity index (χ0n) is 12.7. The number of rotatable bonds is 3. The van der Waals surface area contributed by atoms with E-state index < -0.39 is 10.0 Å². The zero-order valence-corrected chi connectivity index (χ0v) is 13.5. The van der Waals surface area contributed by atoms with E-state index in [1.165, 1.54) is 6.42 Å². The highest BCUT2D eigenvalue weighted by molar-refractivity contribution is 7.89. The van der Waals surface area contributed by atoms with Gasteiger partial charge in [0.2, 0.25) is 10.0 Å². The Hall–Kier alpha value is -1.07. The van der Waals surface area contributed by atoms with Crippen LogP contribution in [0.1, 0.15) is 38.7 Å². The number of benzene rings is 1. The van der Waals surface area contributed by atoms with Gasteiger partial charge in [-0.3, -0.25) is 0 Å². The molecule has 1 aliphatic carbocycles. The number of fused-ring (bicyclic) bond motifs is 1. The molecule has 5 heteroatoms. The van der Waals surface area contributed by atoms with Crippen molar-refractivity contribution in [1.29, 1.82) is 0 Å². The minimum atomic E-state index is -3.42. The van der Waals surface area contributed by atoms with Crippen LogP contribution in [0.2, 0.25) is 0 Å². The van der Waals surface area contributed by atoms with Gasteiger partial charge in [-0.25, -0.2) is 13.1 Å². The van der Waals surface area contributed by atoms with Gasteiger partial charge in [0.1, 0.15) is 0 Å². The molecule has 1 aromatic rings. The molecule has 21 heavy (non-hydrogen) atoms. The van der Waals surface area contributed by atoms with Gasteiger partial charge in [-0.05, 0) is 48.4 Å². The van der Waals surface area contributed by atoms with E-state index in [-0.39, 0.29) is 6.04 Å². The molecule has 0 aromatic heterocycles. The second kappa shape index (κ2) is 5.61. The van der Waals surface area contributed by atoms with Gasteiger partial charge in [-0.2, -0.15) is 0 Å². The molecule has 3 unspecified atom stereocenters. The van der Waals surface area contributed by atoms with Gasteiger partial charge in [0.25, 0.3) is 0 Å². The number of nitrogens with one attached hydrogen (secondary N) is 2. The van der Waals surface area contributed by atoms with Crippen molar-refractivity contribution in [3.63, 3.8) is 0 Å². The molecule has 1 saturated carbocycles. The van der Waals surface area contributed by atoms with Crippen LogP contribution in [-0.4, -0.2) is 21.0 Å². The summed E-state index contributed by atoms with van der Waals surface area (Å²) < 4.78 is 28.2. The van der Waals surface area contributed by atoms with E-state index >= 15 is 0 Å². The van der Waals surface area contributed by atoms with Crippen LogP contribution in [0.15, 0.2) is 23.1 Å². The summed E-state index contributed by atoms with van der Waals surface area (Å²) in [6.45, 7) is 5.26. The lowest BCUT2D eigenvalue weighted by molar-refractivity contribution is 0.227. The quantitative estimate of drug-likeness (QED) is 0.902. The van der Waals surface area contributed by atoms with Crippen LogP contribution in [0.25, 0.3) is 0 Å². The van der Waals surface area contributed by atoms with Crippen molar-refractivity contribution in [2.24, 2.45) is 11.8 Å². The van der Waals surface area contributed by atoms with Crippen molar-refractivity contribution in [2.45, 2.75) is 50.5 Å². The molecule has 0 saturated heterocycles. The van der Waals surface area contributed by atoms with Crippen molar-refractivity contribution in [3.8, 4) is 0 Å². The number of sulfonamides is 1. The predicted molar refractivity (Wildman–Crippen MR) is 84.9 cm³/mol. The number of hydrogen-bond acceptors (Lipinski definition) is 3. The molecular formula is C16H24N2O2S. The molecule has 1 heterocycles. The van der Waals surface area contributed by atoms with Crippen molar-refractivity contribution >= 4 is 15.7 Å². The lowest BCUT2D eigenvalue weighted by Gasteiger charge is -2.34. The average molecular weight is 308 g/mol. The summed E-state index contributed by atoms with van der Waals surface area (Å²) in [6.07, 6.45) is 4.14. The fourth-order valence-electron chi connectivity index (χ4n) is 3.46. The number of anilines is 1. The molecule has 0 amide bonds. The first-order valence-corrected chi connectivity index (χ1v) is 9.35. The molecule has 0 radical (unpaired) electrons. The maximum atomic E-state index is 12.6. The summed E-state index contributed by atoms with van der Waals surface area (Å²) in [6, 6.07) is 5.46. The minimum Gasteiger partial charge on any atom is -0.384 e. The van der Waals surface area contributed by atoms with Gasteiger partial charge in [0.05, 0.1) is 4.90 Å². The molecule has 2 N–H and O–H groups in total. The molecule has 1 aromatic carbocycles. The van der Waals surface area contributed by atoms with Crippen molar-refractivity contribution in [1.82, 2.24) is 4.72 Å². The Bertz CT molecular complexity index is 627. The monoisotopic (exact) mass is 308 g/mol. The Kier molecular flexibility index (Phi) is 3.97. The van der Waals surface area contributed by atoms with Crippen LogP contribution < -0.4 is 10.0 Å². The van der Waals surface area contributed by atoms with E-state index in [1.54, 1.807) is 6.07 Å². The molecule has 1 aliphatic heterocycles. The molecular weight excluding hydrogens is 284 g/mol. The Balaban J connectivity index is 1.80. The van der Waals surface area contributed by atoms with E-state index in [2.05, 4.69) is 23.9 Å². The smallest absolute Gasteiger partial charge is 0.240 e. The minimum absolute atomic E-state index is 0.0603. The predicted octanol–water partition coefficient (Wildman–Crippen LogP) is 2.76. The molecule has 3 atom stereocenters. The van der Waals surface area contributed by atoms with Gasteiger partial charge in [0, 0.05) is 18.3 Å². The normalized spacial score (nSPS) is 29.0. The van der Waals surface area contributed by atoms with Gasteiger partial charge in [-0.1, -0.05) is 26.7 Å². The van der Waals surface area contributed by atoms with Crippen molar-refractivity contribution in [2.75, 3.05) is 11.9 Å². The van der Waals surface area contributed by atoms with Crippen LogP contribution in [0, 0.1) is 11.8 Å². The Labute approximate surface area is 127 Å². The third-order valence-corrected chi connectivity index (χ3v) is 6.60. The molecule has 2 aliphatic rings. The van der Waals surface area contributed by atoms with Gasteiger partial charge in [-0.15, -0.1) is 0 Å². The summed E-state index contributed by atoms with van der Waals surface area (Å²) in [5, 5.41) is 3.26. The SMILES string of the molecule is CC1CCCC(NS(=O)(=O)c2ccc3c(c2)CCN3)C1C. The number of hydrogen-bond donors (Lipinski definition) is 2. The van der Waals surface area contributed by atoms with E-state index in [0.29, 0.717) is 16.7 Å². The van der Waals surface area contributed by atoms with Gasteiger partial charge < -0.3 is 5.32 Å². The molecule has 4 nitrogen and oxygen atoms in total. The Morgan fingerprint density at radius 3 is 2.86 bits per heavy atom. The van der Waals surface area contributed by atoms with Crippen LogP contribution >= 0.6 is 0 Å². The van der Waals surface area contributed by atoms with E-state index in [1.807, 2.05) is 12.1 Å². The molecule has 116 valence electrons. The maximum absolute atomic E-state index is 12.6. The Morgan fingerprint density at radius 2 is 2.05 bits per heavy atom. The van der Waals surface area contributed by atoms with Crippen molar-refractivity contribution in [3.05, 3.63) is 23.8 Å². The first-order valence-electron chi connectivity index (χ1n) is 7.86. The van der Waals surface area contributed by atoms with Gasteiger partial charge in [0.15, 0.2) is 0 Å². The standard InChI is InChI=1S/C16H24N2O2S/c1-11-4-3-5-15(12(11)2)18-21(19,20)14-6-7-16-13(10-14)8-9-17-16/h6-7,10-12,15,17-18H,3-5,8-9H2,1-2H3. The van der Waals surface area contributed by atoms with Gasteiger partial charge >= 0.3 is 0 Å². The Morgan fingerprint density at radius 1 is 1.24 bits per heavy atom.